The fourth-order valence-corrected chi connectivity index (χ4v) is 4.32. The van der Waals surface area contributed by atoms with E-state index in [0.29, 0.717) is 5.56 Å². The molecule has 0 fully saturated rings. The number of halogens is 1. The number of hydrogen-bond acceptors (Lipinski definition) is 7. The maximum atomic E-state index is 13.8. The molecule has 0 bridgehead atoms. The van der Waals surface area contributed by atoms with Crippen LogP contribution >= 0.6 is 0 Å². The first kappa shape index (κ1) is 26.1. The zero-order chi connectivity index (χ0) is 24.8. The van der Waals surface area contributed by atoms with Crippen molar-refractivity contribution in [2.45, 2.75) is 31.3 Å². The first-order valence-electron chi connectivity index (χ1n) is 9.92. The van der Waals surface area contributed by atoms with Crippen molar-refractivity contribution in [1.82, 2.24) is 9.62 Å². The summed E-state index contributed by atoms with van der Waals surface area (Å²) in [5, 5.41) is 0. The zero-order valence-electron chi connectivity index (χ0n) is 19.0. The summed E-state index contributed by atoms with van der Waals surface area (Å²) in [6, 6.07) is 7.73. The van der Waals surface area contributed by atoms with Crippen molar-refractivity contribution >= 4 is 21.9 Å². The van der Waals surface area contributed by atoms with Crippen LogP contribution in [0.1, 0.15) is 29.8 Å². The molecule has 11 heteroatoms. The van der Waals surface area contributed by atoms with Crippen molar-refractivity contribution in [3.05, 3.63) is 53.3 Å². The van der Waals surface area contributed by atoms with Crippen molar-refractivity contribution in [3.63, 3.8) is 0 Å². The first-order chi connectivity index (χ1) is 15.5. The van der Waals surface area contributed by atoms with Crippen LogP contribution in [0.5, 0.6) is 11.5 Å². The summed E-state index contributed by atoms with van der Waals surface area (Å²) >= 11 is 0. The van der Waals surface area contributed by atoms with E-state index in [1.54, 1.807) is 19.9 Å². The Bertz CT molecular complexity index is 1120. The number of benzene rings is 2. The number of carbonyl (C=O) groups excluding carboxylic acids is 2. The van der Waals surface area contributed by atoms with Gasteiger partial charge in [0.1, 0.15) is 10.6 Å². The van der Waals surface area contributed by atoms with Crippen molar-refractivity contribution in [1.29, 1.82) is 0 Å². The minimum Gasteiger partial charge on any atom is -0.495 e. The number of rotatable bonds is 10. The summed E-state index contributed by atoms with van der Waals surface area (Å²) in [6.07, 6.45) is 0. The van der Waals surface area contributed by atoms with E-state index in [9.17, 15) is 22.4 Å². The topological polar surface area (TPSA) is 111 Å². The van der Waals surface area contributed by atoms with E-state index in [4.69, 9.17) is 14.2 Å². The van der Waals surface area contributed by atoms with E-state index in [-0.39, 0.29) is 34.5 Å². The number of nitrogens with zero attached hydrogens (tertiary/aromatic N) is 1. The van der Waals surface area contributed by atoms with Crippen molar-refractivity contribution in [2.75, 3.05) is 27.9 Å². The van der Waals surface area contributed by atoms with Gasteiger partial charge in [-0.3, -0.25) is 4.79 Å². The van der Waals surface area contributed by atoms with Gasteiger partial charge in [0.15, 0.2) is 18.2 Å². The Balaban J connectivity index is 2.07. The molecule has 0 aromatic heterocycles. The van der Waals surface area contributed by atoms with Crippen molar-refractivity contribution in [3.8, 4) is 11.5 Å². The molecule has 2 rings (SSSR count). The van der Waals surface area contributed by atoms with Gasteiger partial charge >= 0.3 is 5.97 Å². The van der Waals surface area contributed by atoms with Gasteiger partial charge in [-0.1, -0.05) is 6.07 Å². The van der Waals surface area contributed by atoms with Gasteiger partial charge in [0, 0.05) is 19.6 Å². The number of likely N-dealkylation sites (N-methyl/N-ethyl adjacent to an activating group) is 1. The van der Waals surface area contributed by atoms with Crippen LogP contribution in [0, 0.1) is 5.82 Å². The zero-order valence-corrected chi connectivity index (χ0v) is 19.9. The third-order valence-corrected chi connectivity index (χ3v) is 6.15. The molecule has 9 nitrogen and oxygen atoms in total. The quantitative estimate of drug-likeness (QED) is 0.518. The number of sulfonamides is 1. The number of nitrogens with one attached hydrogen (secondary N) is 1. The summed E-state index contributed by atoms with van der Waals surface area (Å²) in [5.41, 5.74) is 0.464. The number of hydrogen-bond donors (Lipinski definition) is 1. The van der Waals surface area contributed by atoms with E-state index >= 15 is 0 Å². The molecule has 0 aliphatic rings. The Labute approximate surface area is 192 Å². The maximum Gasteiger partial charge on any atom is 0.338 e. The highest BCUT2D eigenvalue weighted by Crippen LogP contribution is 2.25. The molecule has 0 radical (unpaired) electrons. The van der Waals surface area contributed by atoms with E-state index in [0.717, 1.165) is 6.07 Å². The van der Waals surface area contributed by atoms with Crippen LogP contribution in [-0.4, -0.2) is 59.1 Å². The van der Waals surface area contributed by atoms with Crippen LogP contribution in [0.2, 0.25) is 0 Å². The Morgan fingerprint density at radius 3 is 2.27 bits per heavy atom. The molecule has 1 amide bonds. The fraction of sp³-hybridized carbons (Fsp3) is 0.364. The molecular weight excluding hydrogens is 455 g/mol. The molecule has 0 heterocycles. The third-order valence-electron chi connectivity index (χ3n) is 4.47. The number of esters is 1. The first-order valence-corrected chi connectivity index (χ1v) is 11.4. The number of carbonyl (C=O) groups is 2. The monoisotopic (exact) mass is 482 g/mol. The van der Waals surface area contributed by atoms with Gasteiger partial charge < -0.3 is 19.1 Å². The number of amides is 1. The normalized spacial score (nSPS) is 11.2. The molecule has 180 valence electrons. The van der Waals surface area contributed by atoms with E-state index in [2.05, 4.69) is 4.72 Å². The van der Waals surface area contributed by atoms with Gasteiger partial charge in [-0.2, -0.15) is 0 Å². The average Bonchev–Trinajstić information content (AvgIpc) is 2.76. The highest BCUT2D eigenvalue weighted by Gasteiger charge is 2.23. The molecule has 2 aromatic rings. The predicted octanol–water partition coefficient (Wildman–Crippen LogP) is 2.34. The van der Waals surface area contributed by atoms with Gasteiger partial charge in [-0.15, -0.1) is 0 Å². The molecule has 1 N–H and O–H groups in total. The molecule has 0 saturated heterocycles. The fourth-order valence-electron chi connectivity index (χ4n) is 2.88. The number of methoxy groups -OCH3 is 2. The van der Waals surface area contributed by atoms with Gasteiger partial charge in [-0.05, 0) is 49.7 Å². The second-order valence-corrected chi connectivity index (χ2v) is 9.12. The molecular formula is C22H27FN2O7S. The Morgan fingerprint density at radius 1 is 1.06 bits per heavy atom. The molecule has 0 aliphatic carbocycles. The van der Waals surface area contributed by atoms with Crippen molar-refractivity contribution < 1.29 is 36.6 Å². The van der Waals surface area contributed by atoms with Crippen LogP contribution in [0.3, 0.4) is 0 Å². The van der Waals surface area contributed by atoms with E-state index in [1.165, 1.54) is 50.4 Å². The lowest BCUT2D eigenvalue weighted by molar-refractivity contribution is -0.133. The molecule has 33 heavy (non-hydrogen) atoms. The maximum absolute atomic E-state index is 13.8. The molecule has 0 saturated carbocycles. The van der Waals surface area contributed by atoms with Crippen LogP contribution < -0.4 is 14.2 Å². The summed E-state index contributed by atoms with van der Waals surface area (Å²) in [5.74, 6) is -1.81. The molecule has 0 aliphatic heterocycles. The van der Waals surface area contributed by atoms with Gasteiger partial charge in [-0.25, -0.2) is 22.3 Å². The van der Waals surface area contributed by atoms with E-state index < -0.39 is 34.3 Å². The Kier molecular flexibility index (Phi) is 8.77. The third kappa shape index (κ3) is 6.90. The average molecular weight is 483 g/mol. The summed E-state index contributed by atoms with van der Waals surface area (Å²) in [4.78, 5) is 25.8. The molecule has 0 spiro atoms. The Morgan fingerprint density at radius 2 is 1.70 bits per heavy atom. The van der Waals surface area contributed by atoms with Gasteiger partial charge in [0.25, 0.3) is 5.91 Å². The minimum absolute atomic E-state index is 0.0576. The highest BCUT2D eigenvalue weighted by molar-refractivity contribution is 7.89. The summed E-state index contributed by atoms with van der Waals surface area (Å²) in [6.45, 7) is 2.82. The lowest BCUT2D eigenvalue weighted by Gasteiger charge is -2.18. The molecule has 2 aromatic carbocycles. The SMILES string of the molecule is COc1ccc(CN(C)C(=O)COC(=O)c2ccc(OC)c(S(=O)(=O)NC(C)C)c2)cc1F. The minimum atomic E-state index is -3.94. The van der Waals surface area contributed by atoms with Crippen LogP contribution in [0.4, 0.5) is 4.39 Å². The van der Waals surface area contributed by atoms with Gasteiger partial charge in [0.05, 0.1) is 19.8 Å². The lowest BCUT2D eigenvalue weighted by Crippen LogP contribution is -2.31. The number of ether oxygens (including phenoxy) is 3. The predicted molar refractivity (Wildman–Crippen MR) is 118 cm³/mol. The van der Waals surface area contributed by atoms with Crippen LogP contribution in [0.25, 0.3) is 0 Å². The van der Waals surface area contributed by atoms with Crippen LogP contribution in [-0.2, 0) is 26.1 Å². The highest BCUT2D eigenvalue weighted by atomic mass is 32.2. The standard InChI is InChI=1S/C22H27FN2O7S/c1-14(2)24-33(28,29)20-11-16(7-9-19(20)31-5)22(27)32-13-21(26)25(3)12-15-6-8-18(30-4)17(23)10-15/h6-11,14,24H,12-13H2,1-5H3. The lowest BCUT2D eigenvalue weighted by atomic mass is 10.2. The van der Waals surface area contributed by atoms with Crippen molar-refractivity contribution in [2.24, 2.45) is 0 Å². The second kappa shape index (κ2) is 11.1. The molecule has 0 unspecified atom stereocenters. The summed E-state index contributed by atoms with van der Waals surface area (Å²) in [7, 11) is 0.198. The molecule has 0 atom stereocenters. The summed E-state index contributed by atoms with van der Waals surface area (Å²) < 4.78 is 56.4. The van der Waals surface area contributed by atoms with Crippen LogP contribution in [0.15, 0.2) is 41.3 Å². The Hall–Kier alpha value is -3.18. The van der Waals surface area contributed by atoms with E-state index in [1.807, 2.05) is 0 Å². The largest absolute Gasteiger partial charge is 0.495 e. The smallest absolute Gasteiger partial charge is 0.338 e. The second-order valence-electron chi connectivity index (χ2n) is 7.44. The van der Waals surface area contributed by atoms with Gasteiger partial charge in [0.2, 0.25) is 10.0 Å².